The van der Waals surface area contributed by atoms with E-state index in [1.54, 1.807) is 6.07 Å². The highest BCUT2D eigenvalue weighted by molar-refractivity contribution is 6.30. The van der Waals surface area contributed by atoms with Crippen LogP contribution in [0.5, 0.6) is 0 Å². The Labute approximate surface area is 139 Å². The van der Waals surface area contributed by atoms with Crippen molar-refractivity contribution in [2.45, 2.75) is 18.9 Å². The molecule has 0 bridgehead atoms. The van der Waals surface area contributed by atoms with Gasteiger partial charge in [0, 0.05) is 23.6 Å². The average Bonchev–Trinajstić information content (AvgIpc) is 2.56. The highest BCUT2D eigenvalue weighted by Crippen LogP contribution is 2.16. The van der Waals surface area contributed by atoms with Gasteiger partial charge in [0.1, 0.15) is 6.04 Å². The fraction of sp³-hybridized carbons (Fsp3) is 0.222. The van der Waals surface area contributed by atoms with E-state index in [4.69, 9.17) is 11.6 Å². The zero-order valence-corrected chi connectivity index (χ0v) is 13.3. The summed E-state index contributed by atoms with van der Waals surface area (Å²) in [6, 6.07) is 14.4. The van der Waals surface area contributed by atoms with E-state index in [2.05, 4.69) is 10.6 Å². The molecule has 2 aromatic rings. The molecule has 0 saturated carbocycles. The molecule has 23 heavy (non-hydrogen) atoms. The molecule has 1 unspecified atom stereocenters. The van der Waals surface area contributed by atoms with Crippen LogP contribution in [0.25, 0.3) is 0 Å². The predicted octanol–water partition coefficient (Wildman–Crippen LogP) is 2.35. The van der Waals surface area contributed by atoms with Crippen molar-refractivity contribution in [2.24, 2.45) is 0 Å². The second kappa shape index (κ2) is 6.84. The summed E-state index contributed by atoms with van der Waals surface area (Å²) in [7, 11) is 0. The van der Waals surface area contributed by atoms with Gasteiger partial charge in [-0.05, 0) is 35.7 Å². The second-order valence-corrected chi connectivity index (χ2v) is 5.99. The molecule has 3 rings (SSSR count). The summed E-state index contributed by atoms with van der Waals surface area (Å²) in [6.45, 7) is 0.522. The third-order valence-corrected chi connectivity index (χ3v) is 4.19. The highest BCUT2D eigenvalue weighted by atomic mass is 35.5. The number of hydrogen-bond donors (Lipinski definition) is 2. The number of benzene rings is 2. The first kappa shape index (κ1) is 15.6. The van der Waals surface area contributed by atoms with Crippen LogP contribution in [0.15, 0.2) is 48.5 Å². The van der Waals surface area contributed by atoms with Crippen molar-refractivity contribution >= 4 is 23.4 Å². The Morgan fingerprint density at radius 1 is 1.17 bits per heavy atom. The van der Waals surface area contributed by atoms with Crippen LogP contribution in [0.2, 0.25) is 5.02 Å². The molecule has 1 aliphatic rings. The molecule has 0 aliphatic carbocycles. The maximum atomic E-state index is 12.3. The van der Waals surface area contributed by atoms with E-state index in [-0.39, 0.29) is 11.8 Å². The minimum absolute atomic E-state index is 0.151. The summed E-state index contributed by atoms with van der Waals surface area (Å²) in [5.41, 5.74) is 2.67. The molecule has 0 saturated heterocycles. The lowest BCUT2D eigenvalue weighted by Crippen LogP contribution is -2.51. The van der Waals surface area contributed by atoms with Crippen molar-refractivity contribution in [3.8, 4) is 0 Å². The summed E-state index contributed by atoms with van der Waals surface area (Å²) in [5, 5.41) is 6.34. The van der Waals surface area contributed by atoms with E-state index in [0.29, 0.717) is 23.6 Å². The minimum atomic E-state index is -0.511. The van der Waals surface area contributed by atoms with Crippen LogP contribution in [-0.4, -0.2) is 24.4 Å². The molecule has 2 amide bonds. The molecular weight excluding hydrogens is 312 g/mol. The van der Waals surface area contributed by atoms with Crippen LogP contribution in [-0.2, 0) is 17.6 Å². The summed E-state index contributed by atoms with van der Waals surface area (Å²) in [5.74, 6) is -0.341. The molecule has 0 fully saturated rings. The van der Waals surface area contributed by atoms with Gasteiger partial charge in [0.25, 0.3) is 5.91 Å². The van der Waals surface area contributed by atoms with Crippen molar-refractivity contribution < 1.29 is 9.59 Å². The lowest BCUT2D eigenvalue weighted by atomic mass is 9.95. The molecule has 1 atom stereocenters. The standard InChI is InChI=1S/C18H17ClN2O2/c19-14-7-5-12(6-8-14)9-10-20-18(23)16-11-13-3-1-2-4-15(13)17(22)21-16/h1-8,16H,9-11H2,(H,20,23)(H,21,22). The zero-order valence-electron chi connectivity index (χ0n) is 12.5. The molecule has 0 spiro atoms. The van der Waals surface area contributed by atoms with Crippen molar-refractivity contribution in [1.82, 2.24) is 10.6 Å². The lowest BCUT2D eigenvalue weighted by Gasteiger charge is -2.24. The Balaban J connectivity index is 1.55. The van der Waals surface area contributed by atoms with Gasteiger partial charge in [-0.2, -0.15) is 0 Å². The Bertz CT molecular complexity index is 728. The number of carbonyl (C=O) groups excluding carboxylic acids is 2. The quantitative estimate of drug-likeness (QED) is 0.905. The number of hydrogen-bond acceptors (Lipinski definition) is 2. The molecule has 4 nitrogen and oxygen atoms in total. The minimum Gasteiger partial charge on any atom is -0.354 e. The molecule has 0 radical (unpaired) electrons. The van der Waals surface area contributed by atoms with Crippen molar-refractivity contribution in [1.29, 1.82) is 0 Å². The molecule has 2 aromatic carbocycles. The van der Waals surface area contributed by atoms with Crippen LogP contribution in [0.1, 0.15) is 21.5 Å². The summed E-state index contributed by atoms with van der Waals surface area (Å²) in [4.78, 5) is 24.3. The van der Waals surface area contributed by atoms with Gasteiger partial charge in [-0.15, -0.1) is 0 Å². The van der Waals surface area contributed by atoms with Gasteiger partial charge in [-0.25, -0.2) is 0 Å². The van der Waals surface area contributed by atoms with Crippen molar-refractivity contribution in [2.75, 3.05) is 6.54 Å². The SMILES string of the molecule is O=C1NC(C(=O)NCCc2ccc(Cl)cc2)Cc2ccccc21. The number of rotatable bonds is 4. The maximum Gasteiger partial charge on any atom is 0.252 e. The third kappa shape index (κ3) is 3.71. The van der Waals surface area contributed by atoms with E-state index in [9.17, 15) is 9.59 Å². The van der Waals surface area contributed by atoms with Crippen LogP contribution < -0.4 is 10.6 Å². The first-order chi connectivity index (χ1) is 11.1. The van der Waals surface area contributed by atoms with E-state index in [1.807, 2.05) is 42.5 Å². The number of carbonyl (C=O) groups is 2. The topological polar surface area (TPSA) is 58.2 Å². The fourth-order valence-corrected chi connectivity index (χ4v) is 2.82. The lowest BCUT2D eigenvalue weighted by molar-refractivity contribution is -0.123. The van der Waals surface area contributed by atoms with Crippen LogP contribution in [0, 0.1) is 0 Å². The smallest absolute Gasteiger partial charge is 0.252 e. The molecule has 2 N–H and O–H groups in total. The van der Waals surface area contributed by atoms with E-state index >= 15 is 0 Å². The Morgan fingerprint density at radius 3 is 2.70 bits per heavy atom. The Kier molecular flexibility index (Phi) is 4.63. The number of fused-ring (bicyclic) bond motifs is 1. The maximum absolute atomic E-state index is 12.3. The zero-order chi connectivity index (χ0) is 16.2. The van der Waals surface area contributed by atoms with Crippen molar-refractivity contribution in [3.63, 3.8) is 0 Å². The largest absolute Gasteiger partial charge is 0.354 e. The van der Waals surface area contributed by atoms with E-state index in [1.165, 1.54) is 0 Å². The molecule has 1 heterocycles. The molecule has 118 valence electrons. The highest BCUT2D eigenvalue weighted by Gasteiger charge is 2.28. The molecule has 5 heteroatoms. The average molecular weight is 329 g/mol. The second-order valence-electron chi connectivity index (χ2n) is 5.55. The van der Waals surface area contributed by atoms with E-state index < -0.39 is 6.04 Å². The van der Waals surface area contributed by atoms with Crippen molar-refractivity contribution in [3.05, 3.63) is 70.2 Å². The molecule has 0 aromatic heterocycles. The van der Waals surface area contributed by atoms with Crippen LogP contribution in [0.3, 0.4) is 0 Å². The van der Waals surface area contributed by atoms with Crippen LogP contribution >= 0.6 is 11.6 Å². The first-order valence-corrected chi connectivity index (χ1v) is 7.92. The van der Waals surface area contributed by atoms with E-state index in [0.717, 1.165) is 17.5 Å². The fourth-order valence-electron chi connectivity index (χ4n) is 2.69. The Morgan fingerprint density at radius 2 is 1.91 bits per heavy atom. The third-order valence-electron chi connectivity index (χ3n) is 3.93. The predicted molar refractivity (Wildman–Crippen MR) is 89.6 cm³/mol. The monoisotopic (exact) mass is 328 g/mol. The van der Waals surface area contributed by atoms with Gasteiger partial charge in [0.05, 0.1) is 0 Å². The van der Waals surface area contributed by atoms with Gasteiger partial charge in [-0.3, -0.25) is 9.59 Å². The number of nitrogens with one attached hydrogen (secondary N) is 2. The molecule has 1 aliphatic heterocycles. The number of amides is 2. The summed E-state index contributed by atoms with van der Waals surface area (Å²) >= 11 is 5.84. The summed E-state index contributed by atoms with van der Waals surface area (Å²) < 4.78 is 0. The van der Waals surface area contributed by atoms with Gasteiger partial charge < -0.3 is 10.6 Å². The van der Waals surface area contributed by atoms with Crippen LogP contribution in [0.4, 0.5) is 0 Å². The van der Waals surface area contributed by atoms with Gasteiger partial charge in [-0.1, -0.05) is 41.9 Å². The normalized spacial score (nSPS) is 16.4. The van der Waals surface area contributed by atoms with Gasteiger partial charge >= 0.3 is 0 Å². The van der Waals surface area contributed by atoms with Gasteiger partial charge in [0.15, 0.2) is 0 Å². The summed E-state index contributed by atoms with van der Waals surface area (Å²) in [6.07, 6.45) is 1.24. The molecular formula is C18H17ClN2O2. The van der Waals surface area contributed by atoms with Gasteiger partial charge in [0.2, 0.25) is 5.91 Å². The number of halogens is 1. The Hall–Kier alpha value is -2.33. The first-order valence-electron chi connectivity index (χ1n) is 7.54.